The van der Waals surface area contributed by atoms with Crippen LogP contribution in [0.4, 0.5) is 0 Å². The molecule has 0 heteroatoms. The molecule has 59 heavy (non-hydrogen) atoms. The molecule has 0 atom stereocenters. The van der Waals surface area contributed by atoms with Gasteiger partial charge in [0.05, 0.1) is 5.41 Å². The quantitative estimate of drug-likeness (QED) is 0.155. The molecule has 0 bridgehead atoms. The number of hydrogen-bond donors (Lipinski definition) is 0. The highest BCUT2D eigenvalue weighted by Gasteiger charge is 2.53. The highest BCUT2D eigenvalue weighted by atomic mass is 14.5. The molecule has 0 amide bonds. The van der Waals surface area contributed by atoms with E-state index in [0.29, 0.717) is 0 Å². The summed E-state index contributed by atoms with van der Waals surface area (Å²) in [5.74, 6) is 0. The van der Waals surface area contributed by atoms with Crippen LogP contribution >= 0.6 is 0 Å². The zero-order valence-corrected chi connectivity index (χ0v) is 32.1. The minimum atomic E-state index is -0.467. The second kappa shape index (κ2) is 11.3. The van der Waals surface area contributed by atoms with Crippen molar-refractivity contribution in [1.29, 1.82) is 0 Å². The van der Waals surface area contributed by atoms with Gasteiger partial charge in [0.1, 0.15) is 0 Å². The summed E-state index contributed by atoms with van der Waals surface area (Å²) in [5, 5.41) is 15.7. The molecular weight excluding hydrogens is 709 g/mol. The normalized spacial score (nSPS) is 13.6. The van der Waals surface area contributed by atoms with Gasteiger partial charge in [0.2, 0.25) is 0 Å². The van der Waals surface area contributed by atoms with Gasteiger partial charge in [-0.25, -0.2) is 0 Å². The van der Waals surface area contributed by atoms with Crippen LogP contribution in [0.5, 0.6) is 0 Å². The first-order valence-corrected chi connectivity index (χ1v) is 20.8. The molecule has 0 aliphatic heterocycles. The van der Waals surface area contributed by atoms with Gasteiger partial charge in [-0.3, -0.25) is 0 Å². The van der Waals surface area contributed by atoms with Crippen LogP contribution in [0.1, 0.15) is 22.3 Å². The third-order valence-electron chi connectivity index (χ3n) is 14.0. The molecule has 0 radical (unpaired) electrons. The van der Waals surface area contributed by atoms with E-state index in [4.69, 9.17) is 0 Å². The highest BCUT2D eigenvalue weighted by molar-refractivity contribution is 6.26. The van der Waals surface area contributed by atoms with Crippen molar-refractivity contribution in [2.75, 3.05) is 0 Å². The molecule has 0 nitrogen and oxygen atoms in total. The molecular formula is C59H34. The molecule has 2 aliphatic carbocycles. The predicted octanol–water partition coefficient (Wildman–Crippen LogP) is 15.7. The minimum Gasteiger partial charge on any atom is -0.0619 e. The Balaban J connectivity index is 1.09. The number of benzene rings is 12. The zero-order chi connectivity index (χ0) is 38.4. The molecule has 12 aromatic rings. The lowest BCUT2D eigenvalue weighted by Gasteiger charge is -2.32. The van der Waals surface area contributed by atoms with Crippen LogP contribution in [-0.4, -0.2) is 0 Å². The van der Waals surface area contributed by atoms with Crippen LogP contribution in [0.2, 0.25) is 0 Å². The van der Waals surface area contributed by atoms with Crippen molar-refractivity contribution in [1.82, 2.24) is 0 Å². The van der Waals surface area contributed by atoms with Crippen LogP contribution in [0.15, 0.2) is 206 Å². The Hall–Kier alpha value is -7.54. The van der Waals surface area contributed by atoms with Crippen LogP contribution in [-0.2, 0) is 5.41 Å². The lowest BCUT2D eigenvalue weighted by Crippen LogP contribution is -2.26. The van der Waals surface area contributed by atoms with Crippen molar-refractivity contribution in [2.24, 2.45) is 0 Å². The fourth-order valence-corrected chi connectivity index (χ4v) is 11.7. The van der Waals surface area contributed by atoms with E-state index in [1.165, 1.54) is 131 Å². The molecule has 0 aromatic heterocycles. The van der Waals surface area contributed by atoms with Crippen molar-refractivity contribution >= 4 is 64.6 Å². The van der Waals surface area contributed by atoms with E-state index in [1.807, 2.05) is 0 Å². The van der Waals surface area contributed by atoms with Gasteiger partial charge in [-0.15, -0.1) is 0 Å². The molecule has 1 spiro atoms. The first-order chi connectivity index (χ1) is 29.3. The number of rotatable bonds is 2. The maximum absolute atomic E-state index is 2.49. The average Bonchev–Trinajstić information content (AvgIpc) is 3.79. The van der Waals surface area contributed by atoms with Crippen molar-refractivity contribution < 1.29 is 0 Å². The first-order valence-electron chi connectivity index (χ1n) is 20.8. The molecule has 0 fully saturated rings. The van der Waals surface area contributed by atoms with Gasteiger partial charge >= 0.3 is 0 Å². The van der Waals surface area contributed by atoms with E-state index in [2.05, 4.69) is 206 Å². The zero-order valence-electron chi connectivity index (χ0n) is 32.1. The Morgan fingerprint density at radius 3 is 1.59 bits per heavy atom. The standard InChI is InChI=1S/C59H34/c1-2-16-41-35(12-1)29-33-53-56(41)57-47-21-6-5-18-43(47)50-34-39(28-32-49(50)58(57)59(53)51-22-9-7-19-45(51)46-20-8-10-23-52(46)59)40-15-3-4-17-42(40)44-30-26-38-25-24-36-13-11-14-37-27-31-48(44)55(38)54(36)37/h1-34H. The van der Waals surface area contributed by atoms with E-state index in [-0.39, 0.29) is 0 Å². The molecule has 0 N–H and O–H groups in total. The number of fused-ring (bicyclic) bond motifs is 17. The lowest BCUT2D eigenvalue weighted by atomic mass is 9.69. The summed E-state index contributed by atoms with van der Waals surface area (Å²) < 4.78 is 0. The van der Waals surface area contributed by atoms with Gasteiger partial charge < -0.3 is 0 Å². The van der Waals surface area contributed by atoms with Gasteiger partial charge in [-0.1, -0.05) is 200 Å². The van der Waals surface area contributed by atoms with E-state index in [1.54, 1.807) is 0 Å². The van der Waals surface area contributed by atoms with Crippen molar-refractivity contribution in [2.45, 2.75) is 5.41 Å². The highest BCUT2D eigenvalue weighted by Crippen LogP contribution is 2.66. The van der Waals surface area contributed by atoms with E-state index < -0.39 is 5.41 Å². The van der Waals surface area contributed by atoms with Crippen LogP contribution in [0.25, 0.3) is 109 Å². The monoisotopic (exact) mass is 742 g/mol. The summed E-state index contributed by atoms with van der Waals surface area (Å²) in [5.41, 5.74) is 15.4. The average molecular weight is 743 g/mol. The second-order valence-electron chi connectivity index (χ2n) is 16.6. The van der Waals surface area contributed by atoms with E-state index in [0.717, 1.165) is 0 Å². The fourth-order valence-electron chi connectivity index (χ4n) is 11.7. The topological polar surface area (TPSA) is 0 Å². The summed E-state index contributed by atoms with van der Waals surface area (Å²) in [6.45, 7) is 0. The SMILES string of the molecule is c1ccc(-c2ccc3ccc4cccc5ccc2c3c45)c(-c2ccc3c4c(c5ccccc5c3c2)-c2c(ccc3ccccc23)C42c3ccccc3-c3ccccc32)c1. The Bertz CT molecular complexity index is 3730. The maximum atomic E-state index is 2.49. The smallest absolute Gasteiger partial charge is 0.0619 e. The van der Waals surface area contributed by atoms with E-state index in [9.17, 15) is 0 Å². The third-order valence-corrected chi connectivity index (χ3v) is 14.0. The van der Waals surface area contributed by atoms with Gasteiger partial charge in [0.15, 0.2) is 0 Å². The summed E-state index contributed by atoms with van der Waals surface area (Å²) >= 11 is 0. The Labute approximate surface area is 341 Å². The Kier molecular flexibility index (Phi) is 6.05. The maximum Gasteiger partial charge on any atom is 0.0732 e. The Morgan fingerprint density at radius 1 is 0.254 bits per heavy atom. The minimum absolute atomic E-state index is 0.467. The van der Waals surface area contributed by atoms with E-state index >= 15 is 0 Å². The van der Waals surface area contributed by atoms with Crippen molar-refractivity contribution in [3.63, 3.8) is 0 Å². The molecule has 14 rings (SSSR count). The largest absolute Gasteiger partial charge is 0.0732 e. The fraction of sp³-hybridized carbons (Fsp3) is 0.0169. The van der Waals surface area contributed by atoms with Gasteiger partial charge in [-0.05, 0) is 137 Å². The number of hydrogen-bond acceptors (Lipinski definition) is 0. The summed E-state index contributed by atoms with van der Waals surface area (Å²) in [6.07, 6.45) is 0. The summed E-state index contributed by atoms with van der Waals surface area (Å²) in [6, 6.07) is 78.1. The molecule has 270 valence electrons. The van der Waals surface area contributed by atoms with Gasteiger partial charge in [-0.2, -0.15) is 0 Å². The predicted molar refractivity (Wildman–Crippen MR) is 250 cm³/mol. The summed E-state index contributed by atoms with van der Waals surface area (Å²) in [7, 11) is 0. The third kappa shape index (κ3) is 3.89. The molecule has 0 saturated heterocycles. The second-order valence-corrected chi connectivity index (χ2v) is 16.6. The van der Waals surface area contributed by atoms with Crippen LogP contribution in [0, 0.1) is 0 Å². The molecule has 12 aromatic carbocycles. The molecule has 0 heterocycles. The Morgan fingerprint density at radius 2 is 0.814 bits per heavy atom. The lowest BCUT2D eigenvalue weighted by molar-refractivity contribution is 0.802. The van der Waals surface area contributed by atoms with Crippen LogP contribution in [0.3, 0.4) is 0 Å². The van der Waals surface area contributed by atoms with Gasteiger partial charge in [0.25, 0.3) is 0 Å². The van der Waals surface area contributed by atoms with Gasteiger partial charge in [0, 0.05) is 0 Å². The first kappa shape index (κ1) is 31.5. The summed E-state index contributed by atoms with van der Waals surface area (Å²) in [4.78, 5) is 0. The van der Waals surface area contributed by atoms with Crippen molar-refractivity contribution in [3.05, 3.63) is 229 Å². The molecule has 2 aliphatic rings. The molecule has 0 unspecified atom stereocenters. The molecule has 0 saturated carbocycles. The van der Waals surface area contributed by atoms with Crippen molar-refractivity contribution in [3.8, 4) is 44.5 Å². The van der Waals surface area contributed by atoms with Crippen LogP contribution < -0.4 is 0 Å².